The van der Waals surface area contributed by atoms with Crippen molar-refractivity contribution < 1.29 is 14.7 Å². The molecule has 1 heterocycles. The van der Waals surface area contributed by atoms with Crippen LogP contribution in [-0.2, 0) is 18.4 Å². The lowest BCUT2D eigenvalue weighted by Crippen LogP contribution is -2.43. The number of nitrogens with zero attached hydrogens (tertiary/aromatic N) is 2. The maximum atomic E-state index is 11.9. The van der Waals surface area contributed by atoms with Crippen LogP contribution >= 0.6 is 0 Å². The fraction of sp³-hybridized carbons (Fsp3) is 0.643. The SMILES string of the molecule is Cc1c(CNC(=O)NC2CCC(C(=O)O)CC2)cnn1C. The Morgan fingerprint density at radius 1 is 1.38 bits per heavy atom. The molecule has 0 atom stereocenters. The van der Waals surface area contributed by atoms with E-state index in [1.54, 1.807) is 10.9 Å². The van der Waals surface area contributed by atoms with E-state index in [0.717, 1.165) is 24.1 Å². The zero-order valence-electron chi connectivity index (χ0n) is 12.4. The molecule has 0 radical (unpaired) electrons. The second kappa shape index (κ2) is 6.60. The van der Waals surface area contributed by atoms with Crippen molar-refractivity contribution >= 4 is 12.0 Å². The van der Waals surface area contributed by atoms with Gasteiger partial charge in [0.1, 0.15) is 0 Å². The van der Waals surface area contributed by atoms with E-state index in [2.05, 4.69) is 15.7 Å². The number of nitrogens with one attached hydrogen (secondary N) is 2. The molecule has 1 aromatic heterocycles. The van der Waals surface area contributed by atoms with Crippen LogP contribution in [-0.4, -0.2) is 32.9 Å². The Morgan fingerprint density at radius 2 is 2.05 bits per heavy atom. The standard InChI is InChI=1S/C14H22N4O3/c1-9-11(8-16-18(9)2)7-15-14(21)17-12-5-3-10(4-6-12)13(19)20/h8,10,12H,3-7H2,1-2H3,(H,19,20)(H2,15,17,21). The number of aryl methyl sites for hydroxylation is 1. The van der Waals surface area contributed by atoms with Gasteiger partial charge in [0.25, 0.3) is 0 Å². The molecule has 0 saturated heterocycles. The van der Waals surface area contributed by atoms with Crippen LogP contribution in [0.1, 0.15) is 36.9 Å². The van der Waals surface area contributed by atoms with Crippen molar-refractivity contribution in [2.75, 3.05) is 0 Å². The number of hydrogen-bond donors (Lipinski definition) is 3. The largest absolute Gasteiger partial charge is 0.481 e. The third-order valence-corrected chi connectivity index (χ3v) is 4.19. The highest BCUT2D eigenvalue weighted by Crippen LogP contribution is 2.24. The van der Waals surface area contributed by atoms with E-state index in [-0.39, 0.29) is 18.0 Å². The molecule has 0 unspecified atom stereocenters. The quantitative estimate of drug-likeness (QED) is 0.776. The molecule has 116 valence electrons. The number of carboxylic acids is 1. The maximum absolute atomic E-state index is 11.9. The summed E-state index contributed by atoms with van der Waals surface area (Å²) in [4.78, 5) is 22.7. The fourth-order valence-electron chi connectivity index (χ4n) is 2.61. The molecular formula is C14H22N4O3. The van der Waals surface area contributed by atoms with E-state index in [0.29, 0.717) is 19.4 Å². The molecule has 21 heavy (non-hydrogen) atoms. The predicted octanol–water partition coefficient (Wildman–Crippen LogP) is 1.17. The fourth-order valence-corrected chi connectivity index (χ4v) is 2.61. The van der Waals surface area contributed by atoms with Gasteiger partial charge in [-0.25, -0.2) is 4.79 Å². The van der Waals surface area contributed by atoms with E-state index in [4.69, 9.17) is 5.11 Å². The Labute approximate surface area is 123 Å². The Balaban J connectivity index is 1.73. The summed E-state index contributed by atoms with van der Waals surface area (Å²) < 4.78 is 1.77. The Hall–Kier alpha value is -2.05. The van der Waals surface area contributed by atoms with Crippen LogP contribution in [0.5, 0.6) is 0 Å². The zero-order valence-corrected chi connectivity index (χ0v) is 12.4. The first-order valence-electron chi connectivity index (χ1n) is 7.22. The predicted molar refractivity (Wildman–Crippen MR) is 76.7 cm³/mol. The van der Waals surface area contributed by atoms with Gasteiger partial charge in [-0.3, -0.25) is 9.48 Å². The molecule has 1 fully saturated rings. The number of hydrogen-bond acceptors (Lipinski definition) is 3. The number of aliphatic carboxylic acids is 1. The molecule has 7 nitrogen and oxygen atoms in total. The van der Waals surface area contributed by atoms with Gasteiger partial charge < -0.3 is 15.7 Å². The summed E-state index contributed by atoms with van der Waals surface area (Å²) in [5.41, 5.74) is 2.01. The number of carbonyl (C=O) groups excluding carboxylic acids is 1. The maximum Gasteiger partial charge on any atom is 0.315 e. The smallest absolute Gasteiger partial charge is 0.315 e. The van der Waals surface area contributed by atoms with Crippen LogP contribution in [0.2, 0.25) is 0 Å². The third-order valence-electron chi connectivity index (χ3n) is 4.19. The van der Waals surface area contributed by atoms with Gasteiger partial charge in [0, 0.05) is 30.9 Å². The van der Waals surface area contributed by atoms with E-state index >= 15 is 0 Å². The lowest BCUT2D eigenvalue weighted by atomic mass is 9.86. The minimum absolute atomic E-state index is 0.0654. The van der Waals surface area contributed by atoms with Crippen LogP contribution in [0.25, 0.3) is 0 Å². The van der Waals surface area contributed by atoms with Gasteiger partial charge in [0.2, 0.25) is 0 Å². The number of rotatable bonds is 4. The first-order valence-corrected chi connectivity index (χ1v) is 7.22. The summed E-state index contributed by atoms with van der Waals surface area (Å²) in [7, 11) is 1.86. The van der Waals surface area contributed by atoms with Crippen molar-refractivity contribution in [3.63, 3.8) is 0 Å². The van der Waals surface area contributed by atoms with Gasteiger partial charge >= 0.3 is 12.0 Å². The summed E-state index contributed by atoms with van der Waals surface area (Å²) >= 11 is 0. The summed E-state index contributed by atoms with van der Waals surface area (Å²) in [5.74, 6) is -0.992. The van der Waals surface area contributed by atoms with Crippen molar-refractivity contribution in [3.8, 4) is 0 Å². The minimum atomic E-state index is -0.732. The molecule has 2 amide bonds. The minimum Gasteiger partial charge on any atom is -0.481 e. The molecule has 2 rings (SSSR count). The monoisotopic (exact) mass is 294 g/mol. The zero-order chi connectivity index (χ0) is 15.4. The molecule has 3 N–H and O–H groups in total. The Bertz CT molecular complexity index is 518. The molecule has 1 aliphatic carbocycles. The molecule has 1 aliphatic rings. The summed E-state index contributed by atoms with van der Waals surface area (Å²) in [6.07, 6.45) is 4.43. The average Bonchev–Trinajstić information content (AvgIpc) is 2.77. The van der Waals surface area contributed by atoms with E-state index < -0.39 is 5.97 Å². The number of carboxylic acid groups (broad SMARTS) is 1. The number of amides is 2. The molecule has 0 aliphatic heterocycles. The van der Waals surface area contributed by atoms with Gasteiger partial charge in [-0.1, -0.05) is 0 Å². The van der Waals surface area contributed by atoms with Gasteiger partial charge in [0.05, 0.1) is 12.1 Å². The molecule has 0 bridgehead atoms. The van der Waals surface area contributed by atoms with Crippen molar-refractivity contribution in [1.82, 2.24) is 20.4 Å². The highest BCUT2D eigenvalue weighted by Gasteiger charge is 2.26. The summed E-state index contributed by atoms with van der Waals surface area (Å²) in [6.45, 7) is 2.39. The molecule has 1 saturated carbocycles. The average molecular weight is 294 g/mol. The van der Waals surface area contributed by atoms with Gasteiger partial charge in [-0.15, -0.1) is 0 Å². The Kier molecular flexibility index (Phi) is 4.82. The van der Waals surface area contributed by atoms with E-state index in [1.165, 1.54) is 0 Å². The topological polar surface area (TPSA) is 96.2 Å². The lowest BCUT2D eigenvalue weighted by molar-refractivity contribution is -0.142. The van der Waals surface area contributed by atoms with Crippen LogP contribution < -0.4 is 10.6 Å². The first kappa shape index (κ1) is 15.3. The van der Waals surface area contributed by atoms with Crippen LogP contribution in [0.3, 0.4) is 0 Å². The van der Waals surface area contributed by atoms with Gasteiger partial charge in [-0.2, -0.15) is 5.10 Å². The van der Waals surface area contributed by atoms with E-state index in [1.807, 2.05) is 14.0 Å². The van der Waals surface area contributed by atoms with Crippen LogP contribution in [0, 0.1) is 12.8 Å². The van der Waals surface area contributed by atoms with Crippen molar-refractivity contribution in [1.29, 1.82) is 0 Å². The second-order valence-corrected chi connectivity index (χ2v) is 5.59. The molecular weight excluding hydrogens is 272 g/mol. The third kappa shape index (κ3) is 3.96. The van der Waals surface area contributed by atoms with Crippen molar-refractivity contribution in [2.24, 2.45) is 13.0 Å². The van der Waals surface area contributed by atoms with Crippen molar-refractivity contribution in [2.45, 2.75) is 45.2 Å². The Morgan fingerprint density at radius 3 is 2.57 bits per heavy atom. The number of urea groups is 1. The highest BCUT2D eigenvalue weighted by molar-refractivity contribution is 5.74. The number of carbonyl (C=O) groups is 2. The summed E-state index contributed by atoms with van der Waals surface area (Å²) in [6, 6.07) is -0.146. The first-order chi connectivity index (χ1) is 9.97. The number of aromatic nitrogens is 2. The molecule has 0 aromatic carbocycles. The van der Waals surface area contributed by atoms with Gasteiger partial charge in [-0.05, 0) is 32.6 Å². The van der Waals surface area contributed by atoms with E-state index in [9.17, 15) is 9.59 Å². The van der Waals surface area contributed by atoms with Crippen molar-refractivity contribution in [3.05, 3.63) is 17.5 Å². The normalized spacial score (nSPS) is 21.8. The molecule has 7 heteroatoms. The molecule has 1 aromatic rings. The lowest BCUT2D eigenvalue weighted by Gasteiger charge is -2.26. The highest BCUT2D eigenvalue weighted by atomic mass is 16.4. The summed E-state index contributed by atoms with van der Waals surface area (Å²) in [5, 5.41) is 18.8. The molecule has 0 spiro atoms. The van der Waals surface area contributed by atoms with Crippen LogP contribution in [0.15, 0.2) is 6.20 Å². The van der Waals surface area contributed by atoms with Crippen LogP contribution in [0.4, 0.5) is 4.79 Å². The second-order valence-electron chi connectivity index (χ2n) is 5.59. The van der Waals surface area contributed by atoms with Gasteiger partial charge in [0.15, 0.2) is 0 Å².